The lowest BCUT2D eigenvalue weighted by molar-refractivity contribution is 0.554. The van der Waals surface area contributed by atoms with Gasteiger partial charge in [0.1, 0.15) is 6.26 Å². The zero-order valence-electron chi connectivity index (χ0n) is 4.50. The van der Waals surface area contributed by atoms with E-state index < -0.39 is 0 Å². The van der Waals surface area contributed by atoms with Gasteiger partial charge in [-0.05, 0) is 0 Å². The molecule has 0 aliphatic heterocycles. The molecule has 0 radical (unpaired) electrons. The molecule has 4 heteroatoms. The van der Waals surface area contributed by atoms with Crippen LogP contribution in [0.25, 0.3) is 11.1 Å². The van der Waals surface area contributed by atoms with Gasteiger partial charge in [0, 0.05) is 0 Å². The Morgan fingerprint density at radius 3 is 3.11 bits per heavy atom. The Balaban J connectivity index is 2.99. The second-order valence-corrected chi connectivity index (χ2v) is 1.67. The highest BCUT2D eigenvalue weighted by Crippen LogP contribution is 2.19. The van der Waals surface area contributed by atoms with Crippen LogP contribution in [0.15, 0.2) is 21.5 Å². The lowest BCUT2D eigenvalue weighted by atomic mass is 10.5. The number of oxazole rings is 1. The SMILES string of the molecule is Nc1occ2ocnc12. The maximum absolute atomic E-state index is 5.33. The Labute approximate surface area is 50.3 Å². The standard InChI is InChI=1S/C5H4N2O2/c6-5-4-3(1-8-5)9-2-7-4/h1-2H,6H2. The molecule has 46 valence electrons. The van der Waals surface area contributed by atoms with Crippen LogP contribution in [-0.4, -0.2) is 4.98 Å². The molecule has 4 nitrogen and oxygen atoms in total. The van der Waals surface area contributed by atoms with Gasteiger partial charge in [0.05, 0.1) is 0 Å². The number of nitrogens with two attached hydrogens (primary N) is 1. The van der Waals surface area contributed by atoms with Crippen molar-refractivity contribution in [1.82, 2.24) is 4.98 Å². The van der Waals surface area contributed by atoms with Crippen molar-refractivity contribution in [3.05, 3.63) is 12.7 Å². The number of nitrogens with zero attached hydrogens (tertiary/aromatic N) is 1. The maximum Gasteiger partial charge on any atom is 0.220 e. The van der Waals surface area contributed by atoms with Crippen LogP contribution in [0, 0.1) is 0 Å². The summed E-state index contributed by atoms with van der Waals surface area (Å²) in [6, 6.07) is 0. The molecule has 0 amide bonds. The highest BCUT2D eigenvalue weighted by Gasteiger charge is 2.04. The van der Waals surface area contributed by atoms with Gasteiger partial charge in [0.25, 0.3) is 0 Å². The van der Waals surface area contributed by atoms with Crippen molar-refractivity contribution < 1.29 is 8.83 Å². The maximum atomic E-state index is 5.33. The van der Waals surface area contributed by atoms with Crippen molar-refractivity contribution in [2.24, 2.45) is 0 Å². The third-order valence-electron chi connectivity index (χ3n) is 1.12. The van der Waals surface area contributed by atoms with Crippen molar-refractivity contribution in [1.29, 1.82) is 0 Å². The normalized spacial score (nSPS) is 10.7. The Morgan fingerprint density at radius 2 is 2.33 bits per heavy atom. The molecular formula is C5H4N2O2. The summed E-state index contributed by atoms with van der Waals surface area (Å²) in [5, 5.41) is 0. The minimum absolute atomic E-state index is 0.304. The Morgan fingerprint density at radius 1 is 1.44 bits per heavy atom. The van der Waals surface area contributed by atoms with Crippen molar-refractivity contribution >= 4 is 17.0 Å². The smallest absolute Gasteiger partial charge is 0.220 e. The number of nitrogen functional groups attached to an aromatic ring is 1. The lowest BCUT2D eigenvalue weighted by Gasteiger charge is -1.74. The van der Waals surface area contributed by atoms with E-state index in [0.29, 0.717) is 17.0 Å². The summed E-state index contributed by atoms with van der Waals surface area (Å²) in [7, 11) is 0. The fraction of sp³-hybridized carbons (Fsp3) is 0. The van der Waals surface area contributed by atoms with Gasteiger partial charge in [-0.15, -0.1) is 0 Å². The molecule has 0 atom stereocenters. The topological polar surface area (TPSA) is 65.2 Å². The Kier molecular flexibility index (Phi) is 0.631. The van der Waals surface area contributed by atoms with Crippen molar-refractivity contribution in [3.63, 3.8) is 0 Å². The van der Waals surface area contributed by atoms with Crippen LogP contribution in [0.1, 0.15) is 0 Å². The van der Waals surface area contributed by atoms with Crippen molar-refractivity contribution in [3.8, 4) is 0 Å². The molecule has 2 aromatic rings. The fourth-order valence-corrected chi connectivity index (χ4v) is 0.697. The van der Waals surface area contributed by atoms with Crippen LogP contribution in [0.3, 0.4) is 0 Å². The van der Waals surface area contributed by atoms with Gasteiger partial charge >= 0.3 is 0 Å². The number of furan rings is 1. The van der Waals surface area contributed by atoms with E-state index in [1.807, 2.05) is 0 Å². The third kappa shape index (κ3) is 0.440. The molecule has 2 N–H and O–H groups in total. The predicted molar refractivity (Wildman–Crippen MR) is 30.7 cm³/mol. The van der Waals surface area contributed by atoms with E-state index in [1.54, 1.807) is 0 Å². The fourth-order valence-electron chi connectivity index (χ4n) is 0.697. The molecule has 0 aliphatic rings. The van der Waals surface area contributed by atoms with Crippen LogP contribution in [-0.2, 0) is 0 Å². The molecular weight excluding hydrogens is 120 g/mol. The van der Waals surface area contributed by atoms with Crippen LogP contribution >= 0.6 is 0 Å². The van der Waals surface area contributed by atoms with E-state index in [9.17, 15) is 0 Å². The van der Waals surface area contributed by atoms with Crippen molar-refractivity contribution in [2.45, 2.75) is 0 Å². The lowest BCUT2D eigenvalue weighted by Crippen LogP contribution is -1.78. The molecule has 0 saturated heterocycles. The van der Waals surface area contributed by atoms with E-state index in [-0.39, 0.29) is 0 Å². The highest BCUT2D eigenvalue weighted by atomic mass is 16.4. The third-order valence-corrected chi connectivity index (χ3v) is 1.12. The van der Waals surface area contributed by atoms with Gasteiger partial charge < -0.3 is 14.6 Å². The first kappa shape index (κ1) is 4.43. The van der Waals surface area contributed by atoms with E-state index >= 15 is 0 Å². The summed E-state index contributed by atoms with van der Waals surface area (Å²) >= 11 is 0. The summed E-state index contributed by atoms with van der Waals surface area (Å²) in [4.78, 5) is 3.79. The zero-order chi connectivity index (χ0) is 6.27. The predicted octanol–water partition coefficient (Wildman–Crippen LogP) is 1.00. The number of aromatic nitrogens is 1. The second kappa shape index (κ2) is 1.28. The first-order chi connectivity index (χ1) is 4.38. The van der Waals surface area contributed by atoms with Gasteiger partial charge in [0.2, 0.25) is 5.88 Å². The number of fused-ring (bicyclic) bond motifs is 1. The average molecular weight is 124 g/mol. The zero-order valence-corrected chi connectivity index (χ0v) is 4.50. The van der Waals surface area contributed by atoms with Gasteiger partial charge in [0.15, 0.2) is 17.5 Å². The molecule has 0 aliphatic carbocycles. The minimum Gasteiger partial charge on any atom is -0.443 e. The number of hydrogen-bond donors (Lipinski definition) is 1. The monoisotopic (exact) mass is 124 g/mol. The Hall–Kier alpha value is -1.45. The van der Waals surface area contributed by atoms with Crippen LogP contribution in [0.5, 0.6) is 0 Å². The summed E-state index contributed by atoms with van der Waals surface area (Å²) in [6.07, 6.45) is 2.76. The summed E-state index contributed by atoms with van der Waals surface area (Å²) in [5.74, 6) is 0.304. The van der Waals surface area contributed by atoms with Crippen molar-refractivity contribution in [2.75, 3.05) is 5.73 Å². The quantitative estimate of drug-likeness (QED) is 0.569. The number of hydrogen-bond acceptors (Lipinski definition) is 4. The first-order valence-corrected chi connectivity index (χ1v) is 2.44. The second-order valence-electron chi connectivity index (χ2n) is 1.67. The number of anilines is 1. The van der Waals surface area contributed by atoms with Gasteiger partial charge in [-0.2, -0.15) is 0 Å². The molecule has 0 spiro atoms. The van der Waals surface area contributed by atoms with E-state index in [2.05, 4.69) is 4.98 Å². The van der Waals surface area contributed by atoms with E-state index in [4.69, 9.17) is 14.6 Å². The summed E-state index contributed by atoms with van der Waals surface area (Å²) < 4.78 is 9.63. The molecule has 9 heavy (non-hydrogen) atoms. The molecule has 2 rings (SSSR count). The number of rotatable bonds is 0. The van der Waals surface area contributed by atoms with E-state index in [0.717, 1.165) is 0 Å². The van der Waals surface area contributed by atoms with Gasteiger partial charge in [-0.3, -0.25) is 0 Å². The summed E-state index contributed by atoms with van der Waals surface area (Å²) in [6.45, 7) is 0. The average Bonchev–Trinajstić information content (AvgIpc) is 2.35. The largest absolute Gasteiger partial charge is 0.443 e. The van der Waals surface area contributed by atoms with E-state index in [1.165, 1.54) is 12.7 Å². The highest BCUT2D eigenvalue weighted by molar-refractivity contribution is 5.81. The van der Waals surface area contributed by atoms with Crippen LogP contribution in [0.4, 0.5) is 5.88 Å². The molecule has 0 saturated carbocycles. The molecule has 2 aromatic heterocycles. The molecule has 0 fully saturated rings. The molecule has 0 aromatic carbocycles. The van der Waals surface area contributed by atoms with Crippen LogP contribution < -0.4 is 5.73 Å². The molecule has 0 unspecified atom stereocenters. The Bertz CT molecular complexity index is 322. The van der Waals surface area contributed by atoms with Crippen LogP contribution in [0.2, 0.25) is 0 Å². The molecule has 2 heterocycles. The molecule has 0 bridgehead atoms. The minimum atomic E-state index is 0.304. The summed E-state index contributed by atoms with van der Waals surface area (Å²) in [5.41, 5.74) is 6.51. The van der Waals surface area contributed by atoms with Gasteiger partial charge in [-0.1, -0.05) is 0 Å². The first-order valence-electron chi connectivity index (χ1n) is 2.44. The van der Waals surface area contributed by atoms with Gasteiger partial charge in [-0.25, -0.2) is 4.98 Å².